The Balaban J connectivity index is 1.52. The van der Waals surface area contributed by atoms with Gasteiger partial charge in [-0.15, -0.1) is 11.8 Å². The van der Waals surface area contributed by atoms with Crippen molar-refractivity contribution in [3.63, 3.8) is 0 Å². The second-order valence-electron chi connectivity index (χ2n) is 6.21. The van der Waals surface area contributed by atoms with E-state index < -0.39 is 0 Å². The van der Waals surface area contributed by atoms with Gasteiger partial charge in [-0.3, -0.25) is 0 Å². The van der Waals surface area contributed by atoms with Gasteiger partial charge < -0.3 is 19.7 Å². The van der Waals surface area contributed by atoms with Crippen molar-refractivity contribution in [3.8, 4) is 11.5 Å². The minimum absolute atomic E-state index is 0.0493. The average molecular weight is 391 g/mol. The molecule has 0 radical (unpaired) electrons. The van der Waals surface area contributed by atoms with E-state index in [2.05, 4.69) is 5.32 Å². The van der Waals surface area contributed by atoms with Crippen LogP contribution in [0, 0.1) is 6.92 Å². The lowest BCUT2D eigenvalue weighted by Gasteiger charge is -2.26. The van der Waals surface area contributed by atoms with Crippen LogP contribution in [0.25, 0.3) is 0 Å². The zero-order valence-corrected chi connectivity index (χ0v) is 15.9. The first-order chi connectivity index (χ1) is 12.6. The highest BCUT2D eigenvalue weighted by atomic mass is 35.5. The number of nitrogens with zero attached hydrogens (tertiary/aromatic N) is 1. The first-order valence-corrected chi connectivity index (χ1v) is 9.89. The average Bonchev–Trinajstić information content (AvgIpc) is 3.14. The highest BCUT2D eigenvalue weighted by Gasteiger charge is 2.31. The normalized spacial score (nSPS) is 18.7. The summed E-state index contributed by atoms with van der Waals surface area (Å²) in [4.78, 5) is 14.6. The first-order valence-electron chi connectivity index (χ1n) is 8.47. The van der Waals surface area contributed by atoms with Crippen molar-refractivity contribution in [1.29, 1.82) is 0 Å². The molecule has 7 heteroatoms. The van der Waals surface area contributed by atoms with Gasteiger partial charge in [0.15, 0.2) is 11.5 Å². The van der Waals surface area contributed by atoms with Crippen molar-refractivity contribution in [2.45, 2.75) is 12.3 Å². The number of urea groups is 1. The zero-order valence-electron chi connectivity index (χ0n) is 14.3. The predicted octanol–water partition coefficient (Wildman–Crippen LogP) is 4.70. The fraction of sp³-hybridized carbons (Fsp3) is 0.316. The lowest BCUT2D eigenvalue weighted by atomic mass is 10.1. The second kappa shape index (κ2) is 7.29. The Morgan fingerprint density at radius 3 is 2.81 bits per heavy atom. The molecule has 1 N–H and O–H groups in total. The van der Waals surface area contributed by atoms with Gasteiger partial charge in [-0.1, -0.05) is 23.7 Å². The summed E-state index contributed by atoms with van der Waals surface area (Å²) in [5.41, 5.74) is 2.72. The Kier molecular flexibility index (Phi) is 4.87. The Labute approximate surface area is 161 Å². The number of thioether (sulfide) groups is 1. The number of carbonyl (C=O) groups excluding carboxylic acids is 1. The maximum atomic E-state index is 12.8. The molecule has 2 amide bonds. The van der Waals surface area contributed by atoms with Gasteiger partial charge in [-0.2, -0.15) is 0 Å². The van der Waals surface area contributed by atoms with Crippen molar-refractivity contribution < 1.29 is 14.3 Å². The summed E-state index contributed by atoms with van der Waals surface area (Å²) in [6.07, 6.45) is 0. The summed E-state index contributed by atoms with van der Waals surface area (Å²) in [5.74, 6) is 2.39. The van der Waals surface area contributed by atoms with E-state index in [0.29, 0.717) is 30.5 Å². The number of rotatable bonds is 2. The van der Waals surface area contributed by atoms with Crippen molar-refractivity contribution in [2.24, 2.45) is 0 Å². The molecule has 2 aromatic carbocycles. The van der Waals surface area contributed by atoms with Crippen LogP contribution in [0.4, 0.5) is 10.5 Å². The summed E-state index contributed by atoms with van der Waals surface area (Å²) in [6.45, 7) is 3.74. The molecule has 0 bridgehead atoms. The number of benzene rings is 2. The molecule has 5 nitrogen and oxygen atoms in total. The molecule has 136 valence electrons. The third-order valence-electron chi connectivity index (χ3n) is 4.43. The van der Waals surface area contributed by atoms with Gasteiger partial charge in [0.05, 0.1) is 0 Å². The maximum absolute atomic E-state index is 12.8. The Morgan fingerprint density at radius 2 is 2.00 bits per heavy atom. The number of aryl methyl sites for hydroxylation is 1. The predicted molar refractivity (Wildman–Crippen MR) is 105 cm³/mol. The molecular weight excluding hydrogens is 372 g/mol. The summed E-state index contributed by atoms with van der Waals surface area (Å²) < 4.78 is 11.2. The zero-order chi connectivity index (χ0) is 18.1. The van der Waals surface area contributed by atoms with Gasteiger partial charge >= 0.3 is 6.03 Å². The third-order valence-corrected chi connectivity index (χ3v) is 6.09. The SMILES string of the molecule is Cc1ccc(NC(=O)N2CCS[C@@H]2c2ccc3c(c2)OCCO3)cc1Cl. The van der Waals surface area contributed by atoms with Gasteiger partial charge in [0, 0.05) is 23.0 Å². The maximum Gasteiger partial charge on any atom is 0.323 e. The first kappa shape index (κ1) is 17.4. The van der Waals surface area contributed by atoms with E-state index in [1.165, 1.54) is 0 Å². The number of ether oxygens (including phenoxy) is 2. The molecule has 0 spiro atoms. The molecule has 1 saturated heterocycles. The van der Waals surface area contributed by atoms with E-state index in [1.807, 2.05) is 42.2 Å². The topological polar surface area (TPSA) is 50.8 Å². The fourth-order valence-corrected chi connectivity index (χ4v) is 4.46. The van der Waals surface area contributed by atoms with Crippen LogP contribution in [0.15, 0.2) is 36.4 Å². The monoisotopic (exact) mass is 390 g/mol. The smallest absolute Gasteiger partial charge is 0.323 e. The van der Waals surface area contributed by atoms with Crippen molar-refractivity contribution >= 4 is 35.1 Å². The van der Waals surface area contributed by atoms with Crippen molar-refractivity contribution in [3.05, 3.63) is 52.5 Å². The third kappa shape index (κ3) is 3.44. The number of hydrogen-bond donors (Lipinski definition) is 1. The van der Waals surface area contributed by atoms with Gasteiger partial charge in [0.25, 0.3) is 0 Å². The Morgan fingerprint density at radius 1 is 1.19 bits per heavy atom. The molecule has 0 unspecified atom stereocenters. The number of amides is 2. The fourth-order valence-electron chi connectivity index (χ4n) is 3.03. The Hall–Kier alpha value is -2.05. The van der Waals surface area contributed by atoms with Crippen LogP contribution in [0.3, 0.4) is 0 Å². The van der Waals surface area contributed by atoms with Gasteiger partial charge in [-0.05, 0) is 42.3 Å². The molecular formula is C19H19ClN2O3S. The largest absolute Gasteiger partial charge is 0.486 e. The molecule has 0 saturated carbocycles. The van der Waals surface area contributed by atoms with E-state index >= 15 is 0 Å². The molecule has 2 aliphatic rings. The number of hydrogen-bond acceptors (Lipinski definition) is 4. The molecule has 4 rings (SSSR count). The Bertz CT molecular complexity index is 846. The van der Waals surface area contributed by atoms with Crippen LogP contribution in [0.5, 0.6) is 11.5 Å². The van der Waals surface area contributed by atoms with Gasteiger partial charge in [0.2, 0.25) is 0 Å². The summed E-state index contributed by atoms with van der Waals surface area (Å²) in [7, 11) is 0. The van der Waals surface area contributed by atoms with Crippen LogP contribution in [0.1, 0.15) is 16.5 Å². The highest BCUT2D eigenvalue weighted by Crippen LogP contribution is 2.42. The number of anilines is 1. The molecule has 1 atom stereocenters. The molecule has 2 heterocycles. The van der Waals surface area contributed by atoms with Crippen LogP contribution < -0.4 is 14.8 Å². The standard InChI is InChI=1S/C19H19ClN2O3S/c1-12-2-4-14(11-15(12)20)21-19(23)22-6-9-26-18(22)13-3-5-16-17(10-13)25-8-7-24-16/h2-5,10-11,18H,6-9H2,1H3,(H,21,23)/t18-/m1/s1. The lowest BCUT2D eigenvalue weighted by Crippen LogP contribution is -2.34. The molecule has 2 aliphatic heterocycles. The summed E-state index contributed by atoms with van der Waals surface area (Å²) in [5, 5.41) is 3.54. The summed E-state index contributed by atoms with van der Waals surface area (Å²) >= 11 is 7.90. The van der Waals surface area contributed by atoms with E-state index in [-0.39, 0.29) is 11.4 Å². The quantitative estimate of drug-likeness (QED) is 0.807. The van der Waals surface area contributed by atoms with E-state index in [9.17, 15) is 4.79 Å². The number of nitrogens with one attached hydrogen (secondary N) is 1. The minimum atomic E-state index is -0.130. The lowest BCUT2D eigenvalue weighted by molar-refractivity contribution is 0.171. The van der Waals surface area contributed by atoms with Gasteiger partial charge in [-0.25, -0.2) is 4.79 Å². The second-order valence-corrected chi connectivity index (χ2v) is 7.81. The van der Waals surface area contributed by atoms with E-state index in [0.717, 1.165) is 28.4 Å². The molecule has 0 aliphatic carbocycles. The molecule has 2 aromatic rings. The highest BCUT2D eigenvalue weighted by molar-refractivity contribution is 7.99. The van der Waals surface area contributed by atoms with Crippen LogP contribution in [0.2, 0.25) is 5.02 Å². The molecule has 1 fully saturated rings. The van der Waals surface area contributed by atoms with E-state index in [1.54, 1.807) is 17.8 Å². The number of halogens is 1. The van der Waals surface area contributed by atoms with Gasteiger partial charge in [0.1, 0.15) is 18.6 Å². The molecule has 0 aromatic heterocycles. The van der Waals surface area contributed by atoms with E-state index in [4.69, 9.17) is 21.1 Å². The van der Waals surface area contributed by atoms with Crippen molar-refractivity contribution in [1.82, 2.24) is 4.90 Å². The minimum Gasteiger partial charge on any atom is -0.486 e. The van der Waals surface area contributed by atoms with Crippen LogP contribution in [-0.2, 0) is 0 Å². The summed E-state index contributed by atoms with van der Waals surface area (Å²) in [6, 6.07) is 11.3. The number of fused-ring (bicyclic) bond motifs is 1. The molecule has 26 heavy (non-hydrogen) atoms. The number of carbonyl (C=O) groups is 1. The van der Waals surface area contributed by atoms with Crippen molar-refractivity contribution in [2.75, 3.05) is 30.8 Å². The van der Waals surface area contributed by atoms with Crippen LogP contribution in [-0.4, -0.2) is 36.4 Å². The van der Waals surface area contributed by atoms with Crippen LogP contribution >= 0.6 is 23.4 Å².